The number of azo groups is 2. The average molecular weight is 1510 g/mol. The lowest BCUT2D eigenvalue weighted by Crippen LogP contribution is -2.30. The molecule has 0 bridgehead atoms. The van der Waals surface area contributed by atoms with Crippen LogP contribution in [-0.2, 0) is 45.2 Å². The van der Waals surface area contributed by atoms with Crippen LogP contribution in [0.5, 0.6) is 11.5 Å². The number of ketones is 2. The van der Waals surface area contributed by atoms with E-state index in [2.05, 4.69) is 40.9 Å². The standard InChI is InChI=1S/C70H79N17O12S5/c1-9-84(10-2)56-38-52(54(40-58(56)98-7)80-82-69-75-62(86-30-18-14-19-31-86)60(101-69)36-50(43(5)88)64(90)71-46-26-22-28-48(34-46)103(92,93)94)73-66-77-67(79-68(78-66)100-42-45-24-16-13-17-25-45)74-53-39-57(85(11-3)12-4)59(99-8)41-55(53)81-83-70-76-63(87-32-20-15-21-33-87)61(102-70)37-51(44(6)89)65(91)72-47-27-23-29-49(35-47)104(95,96)97/h13,16-17,22-29,34-41H,9-12,14-15,18-21,30-33,42H2,1-8H3,(H,71,90)(H,72,91)(H,92,93,94)(H,95,96,97)(H2,73,74,77,78,79)/b50-36-,51-37+,82-80+,83-81+. The minimum atomic E-state index is -4.60. The van der Waals surface area contributed by atoms with Gasteiger partial charge in [0.2, 0.25) is 22.2 Å². The highest BCUT2D eigenvalue weighted by Crippen LogP contribution is 2.45. The lowest BCUT2D eigenvalue weighted by molar-refractivity contribution is -0.120. The van der Waals surface area contributed by atoms with Crippen molar-refractivity contribution in [3.05, 3.63) is 130 Å². The molecule has 0 saturated carbocycles. The van der Waals surface area contributed by atoms with Crippen molar-refractivity contribution in [2.75, 3.05) is 107 Å². The number of ether oxygens (including phenoxy) is 2. The van der Waals surface area contributed by atoms with E-state index in [1.54, 1.807) is 26.4 Å². The van der Waals surface area contributed by atoms with Gasteiger partial charge in [0.25, 0.3) is 32.1 Å². The number of benzene rings is 5. The first kappa shape index (κ1) is 76.5. The van der Waals surface area contributed by atoms with Crippen molar-refractivity contribution in [3.63, 3.8) is 0 Å². The second-order valence-electron chi connectivity index (χ2n) is 23.7. The second-order valence-corrected chi connectivity index (χ2v) is 29.5. The smallest absolute Gasteiger partial charge is 0.294 e. The van der Waals surface area contributed by atoms with Gasteiger partial charge in [0.05, 0.1) is 67.7 Å². The van der Waals surface area contributed by atoms with E-state index >= 15 is 0 Å². The maximum atomic E-state index is 13.9. The maximum absolute atomic E-state index is 13.9. The van der Waals surface area contributed by atoms with E-state index in [0.717, 1.165) is 90.3 Å². The highest BCUT2D eigenvalue weighted by molar-refractivity contribution is 7.98. The zero-order chi connectivity index (χ0) is 74.2. The van der Waals surface area contributed by atoms with E-state index in [1.165, 1.54) is 74.2 Å². The molecule has 5 heterocycles. The molecular weight excluding hydrogens is 1430 g/mol. The lowest BCUT2D eigenvalue weighted by atomic mass is 10.1. The van der Waals surface area contributed by atoms with Gasteiger partial charge in [0.15, 0.2) is 16.7 Å². The molecule has 2 amide bonds. The van der Waals surface area contributed by atoms with E-state index in [-0.39, 0.29) is 56.1 Å². The Morgan fingerprint density at radius 1 is 0.548 bits per heavy atom. The normalized spacial score (nSPS) is 13.8. The van der Waals surface area contributed by atoms with Crippen LogP contribution in [-0.4, -0.2) is 141 Å². The van der Waals surface area contributed by atoms with Crippen LogP contribution in [0, 0.1) is 0 Å². The fraction of sp³-hybridized carbons (Fsp3) is 0.329. The van der Waals surface area contributed by atoms with Crippen LogP contribution < -0.4 is 50.3 Å². The van der Waals surface area contributed by atoms with E-state index in [1.807, 2.05) is 70.2 Å². The van der Waals surface area contributed by atoms with Crippen molar-refractivity contribution < 1.29 is 54.6 Å². The summed E-state index contributed by atoms with van der Waals surface area (Å²) in [6.45, 7) is 15.6. The van der Waals surface area contributed by atoms with Crippen LogP contribution in [0.4, 0.5) is 79.3 Å². The summed E-state index contributed by atoms with van der Waals surface area (Å²) in [7, 11) is -6.08. The molecule has 34 heteroatoms. The minimum absolute atomic E-state index is 0.0342. The predicted molar refractivity (Wildman–Crippen MR) is 407 cm³/mol. The van der Waals surface area contributed by atoms with Crippen molar-refractivity contribution in [2.24, 2.45) is 20.5 Å². The van der Waals surface area contributed by atoms with E-state index in [0.29, 0.717) is 108 Å². The lowest BCUT2D eigenvalue weighted by Gasteiger charge is -2.27. The monoisotopic (exact) mass is 1510 g/mol. The number of rotatable bonds is 31. The summed E-state index contributed by atoms with van der Waals surface area (Å²) in [5.74, 6) is -0.196. The van der Waals surface area contributed by atoms with Crippen molar-refractivity contribution >= 4 is 169 Å². The molecule has 3 aromatic heterocycles. The fourth-order valence-electron chi connectivity index (χ4n) is 11.5. The van der Waals surface area contributed by atoms with Crippen LogP contribution >= 0.6 is 34.4 Å². The van der Waals surface area contributed by atoms with Gasteiger partial charge in [0, 0.05) is 81.6 Å². The molecule has 0 unspecified atom stereocenters. The maximum Gasteiger partial charge on any atom is 0.294 e. The molecule has 0 atom stereocenters. The molecule has 2 saturated heterocycles. The van der Waals surface area contributed by atoms with Gasteiger partial charge in [-0.25, -0.2) is 0 Å². The second kappa shape index (κ2) is 34.9. The Kier molecular flexibility index (Phi) is 25.7. The largest absolute Gasteiger partial charge is 0.494 e. The Balaban J connectivity index is 1.05. The Morgan fingerprint density at radius 2 is 0.962 bits per heavy atom. The number of carbonyl (C=O) groups is 4. The average Bonchev–Trinajstić information content (AvgIpc) is 1.61. The number of amides is 2. The molecule has 2 aliphatic rings. The number of Topliss-reactive ketones (excluding diaryl/α,β-unsaturated/α-hetero) is 2. The third-order valence-corrected chi connectivity index (χ3v) is 21.1. The topological polar surface area (TPSA) is 370 Å². The molecule has 2 fully saturated rings. The molecule has 0 aliphatic carbocycles. The highest BCUT2D eigenvalue weighted by Gasteiger charge is 2.27. The Hall–Kier alpha value is -10.1. The third kappa shape index (κ3) is 19.6. The number of methoxy groups -OCH3 is 2. The van der Waals surface area contributed by atoms with E-state index < -0.39 is 53.4 Å². The summed E-state index contributed by atoms with van der Waals surface area (Å²) < 4.78 is 79.3. The molecule has 2 aliphatic heterocycles. The van der Waals surface area contributed by atoms with Gasteiger partial charge in [-0.3, -0.25) is 28.3 Å². The van der Waals surface area contributed by atoms with Crippen LogP contribution in [0.15, 0.2) is 150 Å². The SMILES string of the molecule is CCN(CC)c1cc(Nc2nc(Nc3cc(N(CC)CC)c(OC)cc3/N=N/c3nc(N4CCCCC4)c(/C=C(\C(C)=O)C(=O)Nc4cccc(S(=O)(=O)O)c4)s3)nc(SCc3ccccc3)n2)c(/N=N/c2nc(N3CCCCC3)c(/C=C(/C(C)=O)C(=O)Nc3cccc(S(=O)(=O)O)c3)s2)cc1OC. The van der Waals surface area contributed by atoms with Crippen molar-refractivity contribution in [1.82, 2.24) is 24.9 Å². The summed E-state index contributed by atoms with van der Waals surface area (Å²) in [5.41, 5.74) is 3.39. The predicted octanol–water partition coefficient (Wildman–Crippen LogP) is 14.8. The fourth-order valence-corrected chi connectivity index (χ4v) is 15.0. The first-order chi connectivity index (χ1) is 49.9. The van der Waals surface area contributed by atoms with Crippen LogP contribution in [0.25, 0.3) is 12.2 Å². The molecule has 6 N–H and O–H groups in total. The first-order valence-corrected chi connectivity index (χ1v) is 38.9. The zero-order valence-electron chi connectivity index (χ0n) is 58.4. The number of thiazole rings is 2. The van der Waals surface area contributed by atoms with Gasteiger partial charge in [-0.2, -0.15) is 41.8 Å². The molecule has 546 valence electrons. The summed E-state index contributed by atoms with van der Waals surface area (Å²) in [4.78, 5) is 87.6. The van der Waals surface area contributed by atoms with Gasteiger partial charge >= 0.3 is 0 Å². The molecule has 29 nitrogen and oxygen atoms in total. The van der Waals surface area contributed by atoms with Gasteiger partial charge in [-0.15, -0.1) is 20.5 Å². The van der Waals surface area contributed by atoms with Crippen LogP contribution in [0.2, 0.25) is 0 Å². The molecule has 0 spiro atoms. The number of hydrogen-bond donors (Lipinski definition) is 6. The summed E-state index contributed by atoms with van der Waals surface area (Å²) in [6.07, 6.45) is 8.36. The number of nitrogens with zero attached hydrogens (tertiary/aromatic N) is 13. The summed E-state index contributed by atoms with van der Waals surface area (Å²) >= 11 is 3.57. The Bertz CT molecular complexity index is 4560. The number of hydrogen-bond acceptors (Lipinski definition) is 28. The zero-order valence-corrected chi connectivity index (χ0v) is 62.5. The summed E-state index contributed by atoms with van der Waals surface area (Å²) in [5, 5.41) is 31.8. The van der Waals surface area contributed by atoms with Crippen molar-refractivity contribution in [3.8, 4) is 11.5 Å². The number of nitrogens with one attached hydrogen (secondary N) is 4. The Labute approximate surface area is 615 Å². The van der Waals surface area contributed by atoms with E-state index in [4.69, 9.17) is 54.9 Å². The third-order valence-electron chi connectivity index (χ3n) is 16.7. The summed E-state index contributed by atoms with van der Waals surface area (Å²) in [6, 6.07) is 27.1. The van der Waals surface area contributed by atoms with Crippen molar-refractivity contribution in [2.45, 2.75) is 101 Å². The minimum Gasteiger partial charge on any atom is -0.494 e. The van der Waals surface area contributed by atoms with Gasteiger partial charge in [-0.05, 0) is 146 Å². The molecular formula is C70H79N17O12S5. The molecule has 10 rings (SSSR count). The van der Waals surface area contributed by atoms with Crippen LogP contribution in [0.3, 0.4) is 0 Å². The van der Waals surface area contributed by atoms with Gasteiger partial charge in [-0.1, -0.05) is 76.9 Å². The Morgan fingerprint density at radius 3 is 1.34 bits per heavy atom. The molecule has 0 radical (unpaired) electrons. The first-order valence-electron chi connectivity index (χ1n) is 33.4. The number of anilines is 10. The molecule has 5 aromatic carbocycles. The van der Waals surface area contributed by atoms with Gasteiger partial charge < -0.3 is 50.3 Å². The quantitative estimate of drug-likeness (QED) is 0.00587. The van der Waals surface area contributed by atoms with E-state index in [9.17, 15) is 45.1 Å². The highest BCUT2D eigenvalue weighted by atomic mass is 32.2. The number of thioether (sulfide) groups is 1. The number of carbonyl (C=O) groups excluding carboxylic acids is 4. The van der Waals surface area contributed by atoms with Crippen LogP contribution in [0.1, 0.15) is 95.4 Å². The number of aromatic nitrogens is 5. The molecule has 8 aromatic rings. The molecule has 104 heavy (non-hydrogen) atoms. The van der Waals surface area contributed by atoms with Crippen molar-refractivity contribution in [1.29, 1.82) is 0 Å². The number of piperidine rings is 2. The van der Waals surface area contributed by atoms with Gasteiger partial charge in [0.1, 0.15) is 34.5 Å².